The first kappa shape index (κ1) is 13.1. The highest BCUT2D eigenvalue weighted by molar-refractivity contribution is 5.25. The molecule has 0 saturated heterocycles. The lowest BCUT2D eigenvalue weighted by molar-refractivity contribution is 0.269. The quantitative estimate of drug-likeness (QED) is 0.890. The van der Waals surface area contributed by atoms with Crippen molar-refractivity contribution in [3.63, 3.8) is 0 Å². The van der Waals surface area contributed by atoms with Crippen LogP contribution in [0.3, 0.4) is 0 Å². The van der Waals surface area contributed by atoms with Crippen LogP contribution in [0.2, 0.25) is 0 Å². The summed E-state index contributed by atoms with van der Waals surface area (Å²) in [4.78, 5) is 4.61. The van der Waals surface area contributed by atoms with E-state index < -0.39 is 0 Å². The second-order valence-corrected chi connectivity index (χ2v) is 6.53. The van der Waals surface area contributed by atoms with Crippen LogP contribution >= 0.6 is 0 Å². The Morgan fingerprint density at radius 2 is 2.05 bits per heavy atom. The largest absolute Gasteiger partial charge is 0.308 e. The summed E-state index contributed by atoms with van der Waals surface area (Å²) >= 11 is 0. The Kier molecular flexibility index (Phi) is 4.17. The van der Waals surface area contributed by atoms with Crippen LogP contribution in [0.1, 0.15) is 62.7 Å². The minimum Gasteiger partial charge on any atom is -0.308 e. The van der Waals surface area contributed by atoms with Crippen LogP contribution in [0.15, 0.2) is 18.3 Å². The highest BCUT2D eigenvalue weighted by atomic mass is 14.9. The molecule has 2 aliphatic carbocycles. The molecular weight excluding hydrogens is 232 g/mol. The van der Waals surface area contributed by atoms with E-state index in [4.69, 9.17) is 0 Å². The fourth-order valence-electron chi connectivity index (χ4n) is 3.65. The molecule has 2 heteroatoms. The van der Waals surface area contributed by atoms with E-state index in [1.54, 1.807) is 0 Å². The third-order valence-corrected chi connectivity index (χ3v) is 4.98. The van der Waals surface area contributed by atoms with E-state index in [0.717, 1.165) is 11.8 Å². The molecule has 0 aliphatic heterocycles. The Hall–Kier alpha value is -0.890. The van der Waals surface area contributed by atoms with Gasteiger partial charge in [-0.25, -0.2) is 0 Å². The maximum Gasteiger partial charge on any atom is 0.0605 e. The van der Waals surface area contributed by atoms with Gasteiger partial charge in [-0.2, -0.15) is 0 Å². The molecule has 1 fully saturated rings. The maximum absolute atomic E-state index is 4.61. The predicted octanol–water partition coefficient (Wildman–Crippen LogP) is 3.87. The number of aryl methyl sites for hydroxylation is 1. The van der Waals surface area contributed by atoms with E-state index in [0.29, 0.717) is 6.04 Å². The first-order valence-corrected chi connectivity index (χ1v) is 8.00. The van der Waals surface area contributed by atoms with Crippen molar-refractivity contribution in [2.45, 2.75) is 57.9 Å². The fourth-order valence-corrected chi connectivity index (χ4v) is 3.65. The molecule has 0 radical (unpaired) electrons. The molecule has 1 N–H and O–H groups in total. The zero-order chi connectivity index (χ0) is 13.1. The zero-order valence-corrected chi connectivity index (χ0v) is 12.1. The van der Waals surface area contributed by atoms with E-state index in [2.05, 4.69) is 29.4 Å². The standard InChI is InChI=1S/C17H26N2/c1-13-7-9-14(10-8-13)12-19-16-6-2-4-15-5-3-11-18-17(15)16/h3,5,11,13-14,16,19H,2,4,6-10,12H2,1H3. The molecule has 1 aromatic heterocycles. The average molecular weight is 258 g/mol. The van der Waals surface area contributed by atoms with Gasteiger partial charge in [0.1, 0.15) is 0 Å². The fraction of sp³-hybridized carbons (Fsp3) is 0.706. The van der Waals surface area contributed by atoms with E-state index in [1.165, 1.54) is 62.7 Å². The molecule has 1 saturated carbocycles. The van der Waals surface area contributed by atoms with Crippen LogP contribution in [0.5, 0.6) is 0 Å². The number of pyridine rings is 1. The molecule has 0 bridgehead atoms. The van der Waals surface area contributed by atoms with Crippen molar-refractivity contribution in [1.29, 1.82) is 0 Å². The summed E-state index contributed by atoms with van der Waals surface area (Å²) in [5, 5.41) is 3.80. The molecule has 0 amide bonds. The summed E-state index contributed by atoms with van der Waals surface area (Å²) in [5.74, 6) is 1.85. The van der Waals surface area contributed by atoms with Crippen LogP contribution in [0.4, 0.5) is 0 Å². The number of nitrogens with one attached hydrogen (secondary N) is 1. The van der Waals surface area contributed by atoms with Crippen molar-refractivity contribution in [1.82, 2.24) is 10.3 Å². The number of hydrogen-bond acceptors (Lipinski definition) is 2. The van der Waals surface area contributed by atoms with Crippen LogP contribution < -0.4 is 5.32 Å². The molecule has 2 nitrogen and oxygen atoms in total. The van der Waals surface area contributed by atoms with Gasteiger partial charge < -0.3 is 5.32 Å². The number of nitrogens with zero attached hydrogens (tertiary/aromatic N) is 1. The van der Waals surface area contributed by atoms with Crippen molar-refractivity contribution in [2.75, 3.05) is 6.54 Å². The van der Waals surface area contributed by atoms with E-state index in [-0.39, 0.29) is 0 Å². The highest BCUT2D eigenvalue weighted by Gasteiger charge is 2.23. The maximum atomic E-state index is 4.61. The summed E-state index contributed by atoms with van der Waals surface area (Å²) in [7, 11) is 0. The average Bonchev–Trinajstić information content (AvgIpc) is 2.47. The van der Waals surface area contributed by atoms with Gasteiger partial charge in [0.05, 0.1) is 5.69 Å². The molecule has 1 heterocycles. The third-order valence-electron chi connectivity index (χ3n) is 4.98. The molecular formula is C17H26N2. The van der Waals surface area contributed by atoms with Gasteiger partial charge in [0.25, 0.3) is 0 Å². The van der Waals surface area contributed by atoms with Crippen LogP contribution in [0.25, 0.3) is 0 Å². The summed E-state index contributed by atoms with van der Waals surface area (Å²) in [5.41, 5.74) is 2.78. The second kappa shape index (κ2) is 6.04. The zero-order valence-electron chi connectivity index (χ0n) is 12.1. The van der Waals surface area contributed by atoms with Crippen molar-refractivity contribution in [3.8, 4) is 0 Å². The Balaban J connectivity index is 1.56. The van der Waals surface area contributed by atoms with Gasteiger partial charge in [-0.15, -0.1) is 0 Å². The SMILES string of the molecule is CC1CCC(CNC2CCCc3cccnc32)CC1. The Bertz CT molecular complexity index is 407. The molecule has 19 heavy (non-hydrogen) atoms. The molecule has 1 unspecified atom stereocenters. The Labute approximate surface area is 117 Å². The number of hydrogen-bond donors (Lipinski definition) is 1. The van der Waals surface area contributed by atoms with Gasteiger partial charge in [-0.1, -0.05) is 25.8 Å². The summed E-state index contributed by atoms with van der Waals surface area (Å²) in [6.07, 6.45) is 11.4. The molecule has 0 spiro atoms. The van der Waals surface area contributed by atoms with Crippen molar-refractivity contribution in [2.24, 2.45) is 11.8 Å². The molecule has 3 rings (SSSR count). The van der Waals surface area contributed by atoms with Crippen LogP contribution in [-0.2, 0) is 6.42 Å². The molecule has 104 valence electrons. The van der Waals surface area contributed by atoms with Gasteiger partial charge in [0.2, 0.25) is 0 Å². The van der Waals surface area contributed by atoms with Crippen molar-refractivity contribution in [3.05, 3.63) is 29.6 Å². The monoisotopic (exact) mass is 258 g/mol. The lowest BCUT2D eigenvalue weighted by Gasteiger charge is -2.30. The van der Waals surface area contributed by atoms with Gasteiger partial charge in [0, 0.05) is 12.2 Å². The lowest BCUT2D eigenvalue weighted by Crippen LogP contribution is -2.32. The van der Waals surface area contributed by atoms with E-state index >= 15 is 0 Å². The number of rotatable bonds is 3. The first-order chi connectivity index (χ1) is 9.33. The molecule has 1 atom stereocenters. The number of aromatic nitrogens is 1. The first-order valence-electron chi connectivity index (χ1n) is 8.00. The Morgan fingerprint density at radius 3 is 2.89 bits per heavy atom. The Morgan fingerprint density at radius 1 is 1.21 bits per heavy atom. The van der Waals surface area contributed by atoms with Gasteiger partial charge >= 0.3 is 0 Å². The normalized spacial score (nSPS) is 30.9. The van der Waals surface area contributed by atoms with Crippen LogP contribution in [0, 0.1) is 11.8 Å². The summed E-state index contributed by atoms with van der Waals surface area (Å²) < 4.78 is 0. The third kappa shape index (κ3) is 3.17. The predicted molar refractivity (Wildman–Crippen MR) is 79.0 cm³/mol. The van der Waals surface area contributed by atoms with Crippen LogP contribution in [-0.4, -0.2) is 11.5 Å². The van der Waals surface area contributed by atoms with Crippen molar-refractivity contribution < 1.29 is 0 Å². The summed E-state index contributed by atoms with van der Waals surface area (Å²) in [6.45, 7) is 3.58. The molecule has 0 aromatic carbocycles. The van der Waals surface area contributed by atoms with Crippen molar-refractivity contribution >= 4 is 0 Å². The second-order valence-electron chi connectivity index (χ2n) is 6.53. The topological polar surface area (TPSA) is 24.9 Å². The van der Waals surface area contributed by atoms with E-state index in [9.17, 15) is 0 Å². The lowest BCUT2D eigenvalue weighted by atomic mass is 9.82. The summed E-state index contributed by atoms with van der Waals surface area (Å²) in [6, 6.07) is 4.83. The van der Waals surface area contributed by atoms with E-state index in [1.807, 2.05) is 6.20 Å². The van der Waals surface area contributed by atoms with Gasteiger partial charge in [0.15, 0.2) is 0 Å². The molecule has 1 aromatic rings. The van der Waals surface area contributed by atoms with Gasteiger partial charge in [-0.3, -0.25) is 4.98 Å². The van der Waals surface area contributed by atoms with Gasteiger partial charge in [-0.05, 0) is 62.1 Å². The minimum absolute atomic E-state index is 0.504. The highest BCUT2D eigenvalue weighted by Crippen LogP contribution is 2.30. The number of fused-ring (bicyclic) bond motifs is 1. The smallest absolute Gasteiger partial charge is 0.0605 e. The minimum atomic E-state index is 0.504. The molecule has 2 aliphatic rings.